The van der Waals surface area contributed by atoms with Gasteiger partial charge in [-0.15, -0.1) is 0 Å². The second-order valence-corrected chi connectivity index (χ2v) is 8.75. The van der Waals surface area contributed by atoms with E-state index in [1.807, 2.05) is 37.3 Å². The van der Waals surface area contributed by atoms with Gasteiger partial charge in [0.2, 0.25) is 10.0 Å². The first-order chi connectivity index (χ1) is 13.0. The van der Waals surface area contributed by atoms with Gasteiger partial charge >= 0.3 is 0 Å². The minimum Gasteiger partial charge on any atom is -0.394 e. The Hall–Kier alpha value is -1.73. The molecule has 0 aliphatic heterocycles. The van der Waals surface area contributed by atoms with E-state index in [1.165, 1.54) is 5.56 Å². The second kappa shape index (κ2) is 8.97. The van der Waals surface area contributed by atoms with E-state index in [0.717, 1.165) is 42.4 Å². The summed E-state index contributed by atoms with van der Waals surface area (Å²) in [5.41, 5.74) is 4.39. The summed E-state index contributed by atoms with van der Waals surface area (Å²) in [5.74, 6) is 0. The van der Waals surface area contributed by atoms with Crippen LogP contribution in [0.25, 0.3) is 0 Å². The lowest BCUT2D eigenvalue weighted by molar-refractivity contribution is 0.0309. The number of hydrogen-bond acceptors (Lipinski definition) is 4. The van der Waals surface area contributed by atoms with Gasteiger partial charge in [0.25, 0.3) is 0 Å². The molecule has 0 saturated carbocycles. The summed E-state index contributed by atoms with van der Waals surface area (Å²) < 4.78 is 33.9. The smallest absolute Gasteiger partial charge is 0.240 e. The van der Waals surface area contributed by atoms with Crippen molar-refractivity contribution in [3.8, 4) is 0 Å². The monoisotopic (exact) mass is 389 g/mol. The molecule has 2 aromatic carbocycles. The van der Waals surface area contributed by atoms with Gasteiger partial charge in [0, 0.05) is 6.54 Å². The van der Waals surface area contributed by atoms with Crippen molar-refractivity contribution in [3.63, 3.8) is 0 Å². The molecule has 6 heteroatoms. The summed E-state index contributed by atoms with van der Waals surface area (Å²) in [6.45, 7) is 2.15. The highest BCUT2D eigenvalue weighted by Crippen LogP contribution is 2.24. The van der Waals surface area contributed by atoms with E-state index < -0.39 is 16.1 Å². The Balaban J connectivity index is 1.74. The van der Waals surface area contributed by atoms with Crippen LogP contribution >= 0.6 is 0 Å². The molecular formula is C21H27NO4S. The van der Waals surface area contributed by atoms with E-state index in [2.05, 4.69) is 4.72 Å². The van der Waals surface area contributed by atoms with Crippen molar-refractivity contribution in [2.24, 2.45) is 0 Å². The zero-order chi connectivity index (χ0) is 19.3. The van der Waals surface area contributed by atoms with Crippen molar-refractivity contribution in [1.29, 1.82) is 0 Å². The molecule has 1 aliphatic carbocycles. The molecule has 0 fully saturated rings. The van der Waals surface area contributed by atoms with Crippen LogP contribution in [0.2, 0.25) is 0 Å². The third-order valence-electron chi connectivity index (χ3n) is 4.95. The number of benzene rings is 2. The van der Waals surface area contributed by atoms with Gasteiger partial charge in [-0.05, 0) is 61.4 Å². The summed E-state index contributed by atoms with van der Waals surface area (Å²) in [5, 5.41) is 9.06. The first-order valence-corrected chi connectivity index (χ1v) is 10.9. The molecule has 146 valence electrons. The van der Waals surface area contributed by atoms with Crippen LogP contribution in [-0.2, 0) is 27.6 Å². The molecule has 2 aromatic rings. The van der Waals surface area contributed by atoms with Crippen molar-refractivity contribution in [2.45, 2.75) is 43.6 Å². The van der Waals surface area contributed by atoms with Crippen LogP contribution in [0.5, 0.6) is 0 Å². The van der Waals surface area contributed by atoms with E-state index in [1.54, 1.807) is 12.1 Å². The fourth-order valence-corrected chi connectivity index (χ4v) is 4.48. The molecular weight excluding hydrogens is 362 g/mol. The molecule has 5 nitrogen and oxygen atoms in total. The maximum absolute atomic E-state index is 12.8. The van der Waals surface area contributed by atoms with Gasteiger partial charge < -0.3 is 9.84 Å². The third kappa shape index (κ3) is 5.17. The van der Waals surface area contributed by atoms with Gasteiger partial charge in [-0.3, -0.25) is 0 Å². The van der Waals surface area contributed by atoms with Gasteiger partial charge in [0.1, 0.15) is 0 Å². The molecule has 1 aliphatic rings. The zero-order valence-electron chi connectivity index (χ0n) is 15.6. The topological polar surface area (TPSA) is 75.6 Å². The lowest BCUT2D eigenvalue weighted by Gasteiger charge is -2.20. The van der Waals surface area contributed by atoms with Crippen molar-refractivity contribution >= 4 is 10.0 Å². The first kappa shape index (κ1) is 20.0. The van der Waals surface area contributed by atoms with E-state index in [9.17, 15) is 8.42 Å². The van der Waals surface area contributed by atoms with Crippen LogP contribution in [0.4, 0.5) is 0 Å². The van der Waals surface area contributed by atoms with E-state index in [0.29, 0.717) is 4.90 Å². The van der Waals surface area contributed by atoms with Crippen molar-refractivity contribution < 1.29 is 18.3 Å². The van der Waals surface area contributed by atoms with Crippen molar-refractivity contribution in [2.75, 3.05) is 19.8 Å². The molecule has 0 spiro atoms. The van der Waals surface area contributed by atoms with Gasteiger partial charge in [0.15, 0.2) is 0 Å². The molecule has 0 heterocycles. The molecule has 27 heavy (non-hydrogen) atoms. The van der Waals surface area contributed by atoms with Gasteiger partial charge in [-0.1, -0.05) is 35.9 Å². The minimum absolute atomic E-state index is 0.111. The fourth-order valence-electron chi connectivity index (χ4n) is 3.39. The van der Waals surface area contributed by atoms with Crippen LogP contribution in [0.3, 0.4) is 0 Å². The summed E-state index contributed by atoms with van der Waals surface area (Å²) in [6, 6.07) is 13.2. The average molecular weight is 390 g/mol. The lowest BCUT2D eigenvalue weighted by Crippen LogP contribution is -2.30. The second-order valence-electron chi connectivity index (χ2n) is 6.98. The normalized spacial score (nSPS) is 15.3. The summed E-state index contributed by atoms with van der Waals surface area (Å²) in [7, 11) is -3.62. The molecule has 2 N–H and O–H groups in total. The van der Waals surface area contributed by atoms with Gasteiger partial charge in [0.05, 0.1) is 24.2 Å². The standard InChI is InChI=1S/C21H27NO4S/c1-16-6-8-18(9-7-16)21(26-13-12-23)15-22-27(24,25)20-11-10-17-4-2-3-5-19(17)14-20/h6-11,14,21-23H,2-5,12-13,15H2,1H3/t21-/m1/s1. The highest BCUT2D eigenvalue weighted by Gasteiger charge is 2.20. The molecule has 0 aromatic heterocycles. The predicted molar refractivity (Wildman–Crippen MR) is 105 cm³/mol. The highest BCUT2D eigenvalue weighted by molar-refractivity contribution is 7.89. The number of fused-ring (bicyclic) bond motifs is 1. The number of sulfonamides is 1. The molecule has 1 atom stereocenters. The Morgan fingerprint density at radius 3 is 2.48 bits per heavy atom. The van der Waals surface area contributed by atoms with E-state index >= 15 is 0 Å². The summed E-state index contributed by atoms with van der Waals surface area (Å²) in [4.78, 5) is 0.299. The Morgan fingerprint density at radius 1 is 1.07 bits per heavy atom. The van der Waals surface area contributed by atoms with Crippen LogP contribution in [0, 0.1) is 6.92 Å². The number of ether oxygens (including phenoxy) is 1. The SMILES string of the molecule is Cc1ccc([C@@H](CNS(=O)(=O)c2ccc3c(c2)CCCC3)OCCO)cc1. The molecule has 0 amide bonds. The predicted octanol–water partition coefficient (Wildman–Crippen LogP) is 2.90. The maximum Gasteiger partial charge on any atom is 0.240 e. The Bertz CT molecular complexity index is 862. The number of nitrogens with one attached hydrogen (secondary N) is 1. The van der Waals surface area contributed by atoms with Crippen LogP contribution in [-0.4, -0.2) is 33.3 Å². The minimum atomic E-state index is -3.62. The zero-order valence-corrected chi connectivity index (χ0v) is 16.5. The van der Waals surface area contributed by atoms with E-state index in [4.69, 9.17) is 9.84 Å². The fraction of sp³-hybridized carbons (Fsp3) is 0.429. The largest absolute Gasteiger partial charge is 0.394 e. The highest BCUT2D eigenvalue weighted by atomic mass is 32.2. The summed E-state index contributed by atoms with van der Waals surface area (Å²) >= 11 is 0. The molecule has 0 saturated heterocycles. The molecule has 3 rings (SSSR count). The molecule has 0 radical (unpaired) electrons. The molecule has 0 unspecified atom stereocenters. The molecule has 0 bridgehead atoms. The van der Waals surface area contributed by atoms with Crippen LogP contribution in [0.1, 0.15) is 41.2 Å². The Kier molecular flexibility index (Phi) is 6.65. The average Bonchev–Trinajstić information content (AvgIpc) is 2.68. The quantitative estimate of drug-likeness (QED) is 0.728. The number of rotatable bonds is 8. The Labute approximate surface area is 161 Å². The first-order valence-electron chi connectivity index (χ1n) is 9.40. The van der Waals surface area contributed by atoms with Gasteiger partial charge in [-0.25, -0.2) is 13.1 Å². The van der Waals surface area contributed by atoms with E-state index in [-0.39, 0.29) is 19.8 Å². The maximum atomic E-state index is 12.8. The van der Waals surface area contributed by atoms with Crippen molar-refractivity contribution in [1.82, 2.24) is 4.72 Å². The number of aryl methyl sites for hydroxylation is 3. The number of hydrogen-bond donors (Lipinski definition) is 2. The summed E-state index contributed by atoms with van der Waals surface area (Å²) in [6.07, 6.45) is 3.77. The van der Waals surface area contributed by atoms with Crippen LogP contribution < -0.4 is 4.72 Å². The lowest BCUT2D eigenvalue weighted by atomic mass is 9.92. The number of aliphatic hydroxyl groups is 1. The van der Waals surface area contributed by atoms with Gasteiger partial charge in [-0.2, -0.15) is 0 Å². The van der Waals surface area contributed by atoms with Crippen LogP contribution in [0.15, 0.2) is 47.4 Å². The van der Waals surface area contributed by atoms with Crippen molar-refractivity contribution in [3.05, 3.63) is 64.7 Å². The number of aliphatic hydroxyl groups excluding tert-OH is 1. The Morgan fingerprint density at radius 2 is 1.78 bits per heavy atom. The third-order valence-corrected chi connectivity index (χ3v) is 6.37.